The van der Waals surface area contributed by atoms with E-state index in [0.717, 1.165) is 39.1 Å². The molecule has 0 bridgehead atoms. The van der Waals surface area contributed by atoms with Gasteiger partial charge >= 0.3 is 0 Å². The Morgan fingerprint density at radius 3 is 1.88 bits per heavy atom. The van der Waals surface area contributed by atoms with Gasteiger partial charge in [0.25, 0.3) is 0 Å². The van der Waals surface area contributed by atoms with Gasteiger partial charge in [0.1, 0.15) is 5.78 Å². The molecule has 0 spiro atoms. The Hall–Kier alpha value is -1.97. The van der Waals surface area contributed by atoms with E-state index in [1.165, 1.54) is 11.1 Å². The molecule has 0 aromatic heterocycles. The summed E-state index contributed by atoms with van der Waals surface area (Å²) in [6.07, 6.45) is 1.69. The van der Waals surface area contributed by atoms with Crippen LogP contribution in [0.25, 0.3) is 0 Å². The van der Waals surface area contributed by atoms with Crippen LogP contribution in [-0.4, -0.2) is 48.3 Å². The van der Waals surface area contributed by atoms with Gasteiger partial charge in [0.2, 0.25) is 0 Å². The summed E-state index contributed by atoms with van der Waals surface area (Å²) < 4.78 is 0. The number of ketones is 1. The first-order valence-corrected chi connectivity index (χ1v) is 9.30. The quantitative estimate of drug-likeness (QED) is 0.769. The highest BCUT2D eigenvalue weighted by molar-refractivity contribution is 5.75. The SMILES string of the molecule is CC(=O)CCCN1CCN(C(c2ccccc2)c2ccccc2)CC1. The molecule has 1 heterocycles. The number of rotatable bonds is 7. The molecule has 25 heavy (non-hydrogen) atoms. The van der Waals surface area contributed by atoms with Crippen LogP contribution < -0.4 is 0 Å². The van der Waals surface area contributed by atoms with Gasteiger partial charge in [-0.25, -0.2) is 0 Å². The number of hydrogen-bond acceptors (Lipinski definition) is 3. The maximum Gasteiger partial charge on any atom is 0.129 e. The topological polar surface area (TPSA) is 23.6 Å². The molecule has 1 saturated heterocycles. The summed E-state index contributed by atoms with van der Waals surface area (Å²) in [6, 6.07) is 21.9. The summed E-state index contributed by atoms with van der Waals surface area (Å²) in [7, 11) is 0. The molecule has 0 unspecified atom stereocenters. The number of Topliss-reactive ketones (excluding diaryl/α,β-unsaturated/α-hetero) is 1. The Morgan fingerprint density at radius 2 is 1.40 bits per heavy atom. The molecule has 0 N–H and O–H groups in total. The third-order valence-corrected chi connectivity index (χ3v) is 5.01. The molecule has 3 rings (SSSR count). The highest BCUT2D eigenvalue weighted by Gasteiger charge is 2.26. The lowest BCUT2D eigenvalue weighted by Gasteiger charge is -2.39. The van der Waals surface area contributed by atoms with E-state index in [-0.39, 0.29) is 0 Å². The van der Waals surface area contributed by atoms with Gasteiger partial charge in [-0.2, -0.15) is 0 Å². The second kappa shape index (κ2) is 8.93. The summed E-state index contributed by atoms with van der Waals surface area (Å²) >= 11 is 0. The maximum atomic E-state index is 11.1. The molecular weight excluding hydrogens is 308 g/mol. The number of hydrogen-bond donors (Lipinski definition) is 0. The summed E-state index contributed by atoms with van der Waals surface area (Å²) in [4.78, 5) is 16.2. The predicted molar refractivity (Wildman–Crippen MR) is 103 cm³/mol. The summed E-state index contributed by atoms with van der Waals surface area (Å²) in [5.74, 6) is 0.298. The fourth-order valence-electron chi connectivity index (χ4n) is 3.68. The van der Waals surface area contributed by atoms with E-state index in [2.05, 4.69) is 70.5 Å². The third-order valence-electron chi connectivity index (χ3n) is 5.01. The van der Waals surface area contributed by atoms with Gasteiger partial charge < -0.3 is 9.69 Å². The Morgan fingerprint density at radius 1 is 0.880 bits per heavy atom. The summed E-state index contributed by atoms with van der Waals surface area (Å²) in [6.45, 7) is 7.00. The van der Waals surface area contributed by atoms with E-state index >= 15 is 0 Å². The first-order chi connectivity index (χ1) is 12.2. The number of piperazine rings is 1. The van der Waals surface area contributed by atoms with Crippen molar-refractivity contribution in [3.05, 3.63) is 71.8 Å². The molecule has 132 valence electrons. The highest BCUT2D eigenvalue weighted by atomic mass is 16.1. The smallest absolute Gasteiger partial charge is 0.129 e. The zero-order valence-electron chi connectivity index (χ0n) is 15.1. The molecule has 0 saturated carbocycles. The number of carbonyl (C=O) groups excluding carboxylic acids is 1. The number of benzene rings is 2. The van der Waals surface area contributed by atoms with Gasteiger partial charge in [-0.15, -0.1) is 0 Å². The van der Waals surface area contributed by atoms with Crippen molar-refractivity contribution in [2.45, 2.75) is 25.8 Å². The molecule has 2 aromatic carbocycles. The molecule has 2 aromatic rings. The van der Waals surface area contributed by atoms with Crippen LogP contribution in [0.2, 0.25) is 0 Å². The third kappa shape index (κ3) is 5.00. The molecule has 1 aliphatic heterocycles. The van der Waals surface area contributed by atoms with Crippen molar-refractivity contribution < 1.29 is 4.79 Å². The average Bonchev–Trinajstić information content (AvgIpc) is 2.65. The lowest BCUT2D eigenvalue weighted by molar-refractivity contribution is -0.117. The van der Waals surface area contributed by atoms with Crippen LogP contribution in [0, 0.1) is 0 Å². The zero-order valence-corrected chi connectivity index (χ0v) is 15.1. The van der Waals surface area contributed by atoms with Crippen molar-refractivity contribution >= 4 is 5.78 Å². The van der Waals surface area contributed by atoms with E-state index in [1.807, 2.05) is 0 Å². The van der Waals surface area contributed by atoms with E-state index in [1.54, 1.807) is 6.92 Å². The minimum atomic E-state index is 0.298. The van der Waals surface area contributed by atoms with Crippen LogP contribution in [0.15, 0.2) is 60.7 Å². The van der Waals surface area contributed by atoms with Gasteiger partial charge in [-0.1, -0.05) is 60.7 Å². The van der Waals surface area contributed by atoms with Crippen LogP contribution in [0.5, 0.6) is 0 Å². The van der Waals surface area contributed by atoms with Crippen molar-refractivity contribution in [2.75, 3.05) is 32.7 Å². The molecule has 0 amide bonds. The molecule has 3 nitrogen and oxygen atoms in total. The van der Waals surface area contributed by atoms with Crippen molar-refractivity contribution in [3.8, 4) is 0 Å². The van der Waals surface area contributed by atoms with Crippen LogP contribution >= 0.6 is 0 Å². The van der Waals surface area contributed by atoms with E-state index in [4.69, 9.17) is 0 Å². The van der Waals surface area contributed by atoms with Gasteiger partial charge in [0.05, 0.1) is 6.04 Å². The molecule has 1 aliphatic rings. The monoisotopic (exact) mass is 336 g/mol. The highest BCUT2D eigenvalue weighted by Crippen LogP contribution is 2.29. The molecule has 1 fully saturated rings. The van der Waals surface area contributed by atoms with E-state index in [0.29, 0.717) is 18.2 Å². The Kier molecular flexibility index (Phi) is 6.37. The number of nitrogens with zero attached hydrogens (tertiary/aromatic N) is 2. The van der Waals surface area contributed by atoms with Crippen molar-refractivity contribution in [3.63, 3.8) is 0 Å². The zero-order chi connectivity index (χ0) is 17.5. The fraction of sp³-hybridized carbons (Fsp3) is 0.409. The average molecular weight is 336 g/mol. The minimum Gasteiger partial charge on any atom is -0.301 e. The normalized spacial score (nSPS) is 16.2. The summed E-state index contributed by atoms with van der Waals surface area (Å²) in [5, 5.41) is 0. The fourth-order valence-corrected chi connectivity index (χ4v) is 3.68. The molecule has 0 radical (unpaired) electrons. The second-order valence-corrected chi connectivity index (χ2v) is 6.91. The van der Waals surface area contributed by atoms with Crippen LogP contribution in [0.3, 0.4) is 0 Å². The maximum absolute atomic E-state index is 11.1. The molecule has 3 heteroatoms. The summed E-state index contributed by atoms with van der Waals surface area (Å²) in [5.41, 5.74) is 2.72. The first kappa shape index (κ1) is 17.8. The minimum absolute atomic E-state index is 0.298. The molecular formula is C22H28N2O. The van der Waals surface area contributed by atoms with Crippen molar-refractivity contribution in [1.29, 1.82) is 0 Å². The van der Waals surface area contributed by atoms with Crippen LogP contribution in [-0.2, 0) is 4.79 Å². The van der Waals surface area contributed by atoms with Gasteiger partial charge in [0.15, 0.2) is 0 Å². The van der Waals surface area contributed by atoms with E-state index in [9.17, 15) is 4.79 Å². The van der Waals surface area contributed by atoms with Crippen molar-refractivity contribution in [2.24, 2.45) is 0 Å². The molecule has 0 atom stereocenters. The van der Waals surface area contributed by atoms with Crippen LogP contribution in [0.4, 0.5) is 0 Å². The van der Waals surface area contributed by atoms with Gasteiger partial charge in [-0.3, -0.25) is 4.90 Å². The Balaban J connectivity index is 1.66. The lowest BCUT2D eigenvalue weighted by Crippen LogP contribution is -2.48. The second-order valence-electron chi connectivity index (χ2n) is 6.91. The Labute approximate surface area is 151 Å². The first-order valence-electron chi connectivity index (χ1n) is 9.30. The predicted octanol–water partition coefficient (Wildman–Crippen LogP) is 3.76. The van der Waals surface area contributed by atoms with Gasteiger partial charge in [0, 0.05) is 32.6 Å². The van der Waals surface area contributed by atoms with Gasteiger partial charge in [-0.05, 0) is 31.0 Å². The lowest BCUT2D eigenvalue weighted by atomic mass is 9.96. The molecule has 0 aliphatic carbocycles. The van der Waals surface area contributed by atoms with E-state index < -0.39 is 0 Å². The van der Waals surface area contributed by atoms with Crippen molar-refractivity contribution in [1.82, 2.24) is 9.80 Å². The largest absolute Gasteiger partial charge is 0.301 e. The van der Waals surface area contributed by atoms with Crippen LogP contribution in [0.1, 0.15) is 36.9 Å². The number of carbonyl (C=O) groups is 1. The Bertz CT molecular complexity index is 609. The standard InChI is InChI=1S/C22H28N2O/c1-19(25)9-8-14-23-15-17-24(18-16-23)22(20-10-4-2-5-11-20)21-12-6-3-7-13-21/h2-7,10-13,22H,8-9,14-18H2,1H3.